The SMILES string of the molecule is O=C1CN=C(c2ccccc2)O1. The van der Waals surface area contributed by atoms with Crippen molar-refractivity contribution in [3.63, 3.8) is 0 Å². The number of hydrogen-bond acceptors (Lipinski definition) is 3. The number of benzene rings is 1. The number of rotatable bonds is 1. The van der Waals surface area contributed by atoms with Crippen LogP contribution in [-0.4, -0.2) is 18.4 Å². The van der Waals surface area contributed by atoms with Gasteiger partial charge in [-0.2, -0.15) is 0 Å². The van der Waals surface area contributed by atoms with E-state index < -0.39 is 0 Å². The van der Waals surface area contributed by atoms with Crippen LogP contribution in [0.2, 0.25) is 0 Å². The van der Waals surface area contributed by atoms with Gasteiger partial charge < -0.3 is 4.74 Å². The van der Waals surface area contributed by atoms with Crippen LogP contribution in [0.15, 0.2) is 35.3 Å². The second-order valence-corrected chi connectivity index (χ2v) is 2.46. The monoisotopic (exact) mass is 161 g/mol. The van der Waals surface area contributed by atoms with E-state index in [0.29, 0.717) is 5.90 Å². The number of aliphatic imine (C=N–C) groups is 1. The highest BCUT2D eigenvalue weighted by molar-refractivity contribution is 6.04. The Morgan fingerprint density at radius 2 is 2.00 bits per heavy atom. The minimum Gasteiger partial charge on any atom is -0.406 e. The van der Waals surface area contributed by atoms with Gasteiger partial charge in [0.2, 0.25) is 5.90 Å². The maximum Gasteiger partial charge on any atom is 0.334 e. The van der Waals surface area contributed by atoms with Gasteiger partial charge in [0.15, 0.2) is 0 Å². The largest absolute Gasteiger partial charge is 0.406 e. The number of cyclic esters (lactones) is 1. The van der Waals surface area contributed by atoms with Crippen molar-refractivity contribution < 1.29 is 9.53 Å². The van der Waals surface area contributed by atoms with Gasteiger partial charge in [-0.1, -0.05) is 18.2 Å². The summed E-state index contributed by atoms with van der Waals surface area (Å²) in [7, 11) is 0. The lowest BCUT2D eigenvalue weighted by atomic mass is 10.2. The van der Waals surface area contributed by atoms with Crippen LogP contribution in [-0.2, 0) is 9.53 Å². The van der Waals surface area contributed by atoms with E-state index >= 15 is 0 Å². The fourth-order valence-electron chi connectivity index (χ4n) is 1.04. The van der Waals surface area contributed by atoms with E-state index in [1.165, 1.54) is 0 Å². The van der Waals surface area contributed by atoms with Crippen LogP contribution in [0.4, 0.5) is 0 Å². The number of carbonyl (C=O) groups excluding carboxylic acids is 1. The molecule has 0 radical (unpaired) electrons. The minimum atomic E-state index is -0.283. The summed E-state index contributed by atoms with van der Waals surface area (Å²) in [6, 6.07) is 9.38. The highest BCUT2D eigenvalue weighted by Gasteiger charge is 2.16. The zero-order valence-corrected chi connectivity index (χ0v) is 6.36. The van der Waals surface area contributed by atoms with Crippen molar-refractivity contribution >= 4 is 11.9 Å². The average Bonchev–Trinajstić information content (AvgIpc) is 2.54. The van der Waals surface area contributed by atoms with Gasteiger partial charge in [-0.05, 0) is 12.1 Å². The van der Waals surface area contributed by atoms with Gasteiger partial charge in [-0.3, -0.25) is 0 Å². The highest BCUT2D eigenvalue weighted by Crippen LogP contribution is 2.07. The number of esters is 1. The van der Waals surface area contributed by atoms with Crippen molar-refractivity contribution in [1.82, 2.24) is 0 Å². The molecule has 2 rings (SSSR count). The Balaban J connectivity index is 2.28. The first-order valence-electron chi connectivity index (χ1n) is 3.67. The van der Waals surface area contributed by atoms with Gasteiger partial charge in [0.05, 0.1) is 0 Å². The number of hydrogen-bond donors (Lipinski definition) is 0. The molecule has 3 nitrogen and oxygen atoms in total. The topological polar surface area (TPSA) is 38.7 Å². The summed E-state index contributed by atoms with van der Waals surface area (Å²) in [5.74, 6) is 0.148. The fourth-order valence-corrected chi connectivity index (χ4v) is 1.04. The van der Waals surface area contributed by atoms with Crippen LogP contribution in [0.3, 0.4) is 0 Å². The third kappa shape index (κ3) is 1.21. The van der Waals surface area contributed by atoms with Gasteiger partial charge >= 0.3 is 5.97 Å². The normalized spacial score (nSPS) is 15.7. The third-order valence-electron chi connectivity index (χ3n) is 1.58. The van der Waals surface area contributed by atoms with E-state index in [2.05, 4.69) is 4.99 Å². The zero-order valence-electron chi connectivity index (χ0n) is 6.36. The quantitative estimate of drug-likeness (QED) is 0.576. The van der Waals surface area contributed by atoms with E-state index in [1.807, 2.05) is 30.3 Å². The van der Waals surface area contributed by atoms with E-state index in [4.69, 9.17) is 4.74 Å². The molecule has 0 fully saturated rings. The fraction of sp³-hybridized carbons (Fsp3) is 0.111. The van der Waals surface area contributed by atoms with Crippen LogP contribution >= 0.6 is 0 Å². The molecule has 0 spiro atoms. The van der Waals surface area contributed by atoms with Crippen LogP contribution in [0.1, 0.15) is 5.56 Å². The smallest absolute Gasteiger partial charge is 0.334 e. The molecule has 0 saturated heterocycles. The molecule has 0 bridgehead atoms. The molecule has 0 aliphatic carbocycles. The number of nitrogens with zero attached hydrogens (tertiary/aromatic N) is 1. The summed E-state index contributed by atoms with van der Waals surface area (Å²) in [6.07, 6.45) is 0. The van der Waals surface area contributed by atoms with E-state index in [1.54, 1.807) is 0 Å². The molecule has 0 atom stereocenters. The predicted octanol–water partition coefficient (Wildman–Crippen LogP) is 0.990. The standard InChI is InChI=1S/C9H7NO2/c11-8-6-10-9(12-8)7-4-2-1-3-5-7/h1-5H,6H2. The molecule has 0 saturated carbocycles. The summed E-state index contributed by atoms with van der Waals surface area (Å²) < 4.78 is 4.86. The Morgan fingerprint density at radius 3 is 2.58 bits per heavy atom. The van der Waals surface area contributed by atoms with Crippen LogP contribution in [0.5, 0.6) is 0 Å². The Morgan fingerprint density at radius 1 is 1.25 bits per heavy atom. The van der Waals surface area contributed by atoms with Crippen molar-refractivity contribution in [1.29, 1.82) is 0 Å². The summed E-state index contributed by atoms with van der Waals surface area (Å²) in [4.78, 5) is 14.6. The van der Waals surface area contributed by atoms with Gasteiger partial charge in [0.1, 0.15) is 6.54 Å². The Bertz CT molecular complexity index is 330. The average molecular weight is 161 g/mol. The van der Waals surface area contributed by atoms with E-state index in [0.717, 1.165) is 5.56 Å². The van der Waals surface area contributed by atoms with Crippen molar-refractivity contribution in [2.24, 2.45) is 4.99 Å². The Hall–Kier alpha value is -1.64. The Kier molecular flexibility index (Phi) is 1.63. The molecular weight excluding hydrogens is 154 g/mol. The van der Waals surface area contributed by atoms with Gasteiger partial charge in [0.25, 0.3) is 0 Å². The molecule has 0 N–H and O–H groups in total. The molecule has 1 aromatic carbocycles. The van der Waals surface area contributed by atoms with Gasteiger partial charge in [-0.15, -0.1) is 0 Å². The van der Waals surface area contributed by atoms with Crippen molar-refractivity contribution in [3.8, 4) is 0 Å². The summed E-state index contributed by atoms with van der Waals surface area (Å²) in [5, 5.41) is 0. The second-order valence-electron chi connectivity index (χ2n) is 2.46. The molecule has 3 heteroatoms. The third-order valence-corrected chi connectivity index (χ3v) is 1.58. The first-order valence-corrected chi connectivity index (χ1v) is 3.67. The second kappa shape index (κ2) is 2.77. The first-order chi connectivity index (χ1) is 5.86. The molecule has 1 aliphatic rings. The molecule has 12 heavy (non-hydrogen) atoms. The molecule has 0 unspecified atom stereocenters. The molecular formula is C9H7NO2. The van der Waals surface area contributed by atoms with Crippen LogP contribution in [0.25, 0.3) is 0 Å². The summed E-state index contributed by atoms with van der Waals surface area (Å²) in [6.45, 7) is 0.143. The molecule has 0 amide bonds. The Labute approximate surface area is 69.7 Å². The van der Waals surface area contributed by atoms with Crippen LogP contribution < -0.4 is 0 Å². The number of ether oxygens (including phenoxy) is 1. The maximum atomic E-state index is 10.7. The highest BCUT2D eigenvalue weighted by atomic mass is 16.6. The molecule has 1 aliphatic heterocycles. The minimum absolute atomic E-state index is 0.143. The lowest BCUT2D eigenvalue weighted by Crippen LogP contribution is -2.05. The van der Waals surface area contributed by atoms with Crippen molar-refractivity contribution in [2.75, 3.05) is 6.54 Å². The number of carbonyl (C=O) groups is 1. The molecule has 0 aromatic heterocycles. The van der Waals surface area contributed by atoms with Crippen molar-refractivity contribution in [3.05, 3.63) is 35.9 Å². The van der Waals surface area contributed by atoms with Gasteiger partial charge in [-0.25, -0.2) is 9.79 Å². The van der Waals surface area contributed by atoms with Crippen LogP contribution in [0, 0.1) is 0 Å². The lowest BCUT2D eigenvalue weighted by molar-refractivity contribution is -0.132. The summed E-state index contributed by atoms with van der Waals surface area (Å²) >= 11 is 0. The van der Waals surface area contributed by atoms with E-state index in [-0.39, 0.29) is 12.5 Å². The molecule has 1 heterocycles. The molecule has 60 valence electrons. The van der Waals surface area contributed by atoms with E-state index in [9.17, 15) is 4.79 Å². The summed E-state index contributed by atoms with van der Waals surface area (Å²) in [5.41, 5.74) is 0.850. The first kappa shape index (κ1) is 7.03. The zero-order chi connectivity index (χ0) is 8.39. The van der Waals surface area contributed by atoms with Gasteiger partial charge in [0, 0.05) is 5.56 Å². The van der Waals surface area contributed by atoms with Crippen molar-refractivity contribution in [2.45, 2.75) is 0 Å². The lowest BCUT2D eigenvalue weighted by Gasteiger charge is -1.97. The predicted molar refractivity (Wildman–Crippen MR) is 43.9 cm³/mol. The maximum absolute atomic E-state index is 10.7. The molecule has 1 aromatic rings.